The summed E-state index contributed by atoms with van der Waals surface area (Å²) >= 11 is 0. The van der Waals surface area contributed by atoms with Gasteiger partial charge in [0.05, 0.1) is 17.9 Å². The van der Waals surface area contributed by atoms with Crippen LogP contribution >= 0.6 is 0 Å². The van der Waals surface area contributed by atoms with Gasteiger partial charge in [-0.25, -0.2) is 8.42 Å². The van der Waals surface area contributed by atoms with Crippen LogP contribution in [-0.2, 0) is 14.6 Å². The van der Waals surface area contributed by atoms with Crippen LogP contribution < -0.4 is 11.1 Å². The third-order valence-electron chi connectivity index (χ3n) is 2.38. The summed E-state index contributed by atoms with van der Waals surface area (Å²) in [7, 11) is -2.91. The molecule has 0 bridgehead atoms. The number of hydrogen-bond donors (Lipinski definition) is 3. The molecule has 1 rings (SSSR count). The predicted octanol–water partition coefficient (Wildman–Crippen LogP) is -1.33. The Morgan fingerprint density at radius 3 is 2.75 bits per heavy atom. The van der Waals surface area contributed by atoms with Crippen molar-refractivity contribution in [1.29, 1.82) is 0 Å². The summed E-state index contributed by atoms with van der Waals surface area (Å²) in [6, 6.07) is 0. The highest BCUT2D eigenvalue weighted by atomic mass is 32.2. The smallest absolute Gasteiger partial charge is 0.227 e. The number of nitrogens with one attached hydrogen (secondary N) is 1. The predicted molar refractivity (Wildman–Crippen MR) is 57.8 cm³/mol. The molecule has 0 aromatic rings. The Morgan fingerprint density at radius 1 is 1.56 bits per heavy atom. The fourth-order valence-electron chi connectivity index (χ4n) is 1.55. The minimum Gasteiger partial charge on any atom is -0.409 e. The van der Waals surface area contributed by atoms with E-state index in [0.29, 0.717) is 13.0 Å². The number of rotatable bonds is 4. The van der Waals surface area contributed by atoms with Crippen LogP contribution in [0.3, 0.4) is 0 Å². The summed E-state index contributed by atoms with van der Waals surface area (Å²) < 4.78 is 22.2. The maximum absolute atomic E-state index is 11.2. The van der Waals surface area contributed by atoms with Crippen LogP contribution in [0.1, 0.15) is 12.8 Å². The second-order valence-electron chi connectivity index (χ2n) is 3.84. The first kappa shape index (κ1) is 12.8. The van der Waals surface area contributed by atoms with Gasteiger partial charge in [0.25, 0.3) is 0 Å². The highest BCUT2D eigenvalue weighted by Gasteiger charge is 2.27. The first-order chi connectivity index (χ1) is 7.43. The molecule has 0 radical (unpaired) electrons. The molecule has 1 atom stereocenters. The quantitative estimate of drug-likeness (QED) is 0.247. The van der Waals surface area contributed by atoms with E-state index in [-0.39, 0.29) is 35.6 Å². The maximum atomic E-state index is 11.2. The Morgan fingerprint density at radius 2 is 2.25 bits per heavy atom. The van der Waals surface area contributed by atoms with Crippen LogP contribution in [0.15, 0.2) is 5.16 Å². The average molecular weight is 249 g/mol. The van der Waals surface area contributed by atoms with Gasteiger partial charge in [-0.1, -0.05) is 5.16 Å². The summed E-state index contributed by atoms with van der Waals surface area (Å²) in [6.07, 6.45) is 0.391. The van der Waals surface area contributed by atoms with Crippen molar-refractivity contribution in [3.63, 3.8) is 0 Å². The van der Waals surface area contributed by atoms with E-state index < -0.39 is 9.84 Å². The van der Waals surface area contributed by atoms with Crippen molar-refractivity contribution in [2.75, 3.05) is 18.1 Å². The second kappa shape index (κ2) is 5.15. The number of amides is 1. The molecule has 8 heteroatoms. The van der Waals surface area contributed by atoms with Gasteiger partial charge in [0.1, 0.15) is 5.84 Å². The zero-order valence-corrected chi connectivity index (χ0v) is 9.53. The molecule has 1 aliphatic rings. The molecule has 1 heterocycles. The number of hydrogen-bond acceptors (Lipinski definition) is 5. The van der Waals surface area contributed by atoms with Crippen LogP contribution in [-0.4, -0.2) is 43.4 Å². The third kappa shape index (κ3) is 4.05. The normalized spacial score (nSPS) is 24.2. The number of amidine groups is 1. The molecular formula is C8H15N3O4S. The Kier molecular flexibility index (Phi) is 4.11. The van der Waals surface area contributed by atoms with Crippen molar-refractivity contribution < 1.29 is 18.4 Å². The molecule has 0 saturated carbocycles. The van der Waals surface area contributed by atoms with E-state index in [0.717, 1.165) is 0 Å². The van der Waals surface area contributed by atoms with Gasteiger partial charge in [0, 0.05) is 6.54 Å². The highest BCUT2D eigenvalue weighted by molar-refractivity contribution is 7.91. The standard InChI is InChI=1S/C8H15N3O4S/c9-7(11-13)3-8(12)10-4-6-1-2-16(14,15)5-6/h6,13H,1-5H2,(H2,9,11)(H,10,12). The van der Waals surface area contributed by atoms with Crippen molar-refractivity contribution >= 4 is 21.6 Å². The number of carbonyl (C=O) groups excluding carboxylic acids is 1. The number of oxime groups is 1. The molecular weight excluding hydrogens is 234 g/mol. The Labute approximate surface area is 93.6 Å². The van der Waals surface area contributed by atoms with Crippen molar-refractivity contribution in [2.45, 2.75) is 12.8 Å². The lowest BCUT2D eigenvalue weighted by Crippen LogP contribution is -2.32. The SMILES string of the molecule is NC(CC(=O)NCC1CCS(=O)(=O)C1)=NO. The zero-order valence-electron chi connectivity index (χ0n) is 8.72. The van der Waals surface area contributed by atoms with E-state index in [1.54, 1.807) is 0 Å². The van der Waals surface area contributed by atoms with Crippen LogP contribution in [0.2, 0.25) is 0 Å². The fourth-order valence-corrected chi connectivity index (χ4v) is 3.42. The molecule has 0 spiro atoms. The molecule has 7 nitrogen and oxygen atoms in total. The van der Waals surface area contributed by atoms with Gasteiger partial charge in [-0.15, -0.1) is 0 Å². The molecule has 1 saturated heterocycles. The summed E-state index contributed by atoms with van der Waals surface area (Å²) in [6.45, 7) is 0.316. The van der Waals surface area contributed by atoms with Crippen molar-refractivity contribution in [3.8, 4) is 0 Å². The van der Waals surface area contributed by atoms with Crippen molar-refractivity contribution in [1.82, 2.24) is 5.32 Å². The van der Waals surface area contributed by atoms with E-state index in [4.69, 9.17) is 10.9 Å². The molecule has 1 aliphatic heterocycles. The summed E-state index contributed by atoms with van der Waals surface area (Å²) in [4.78, 5) is 11.2. The number of nitrogens with two attached hydrogens (primary N) is 1. The second-order valence-corrected chi connectivity index (χ2v) is 6.07. The van der Waals surface area contributed by atoms with Gasteiger partial charge in [0.15, 0.2) is 9.84 Å². The largest absolute Gasteiger partial charge is 0.409 e. The van der Waals surface area contributed by atoms with E-state index in [9.17, 15) is 13.2 Å². The van der Waals surface area contributed by atoms with Crippen LogP contribution in [0.25, 0.3) is 0 Å². The Balaban J connectivity index is 2.28. The van der Waals surface area contributed by atoms with Gasteiger partial charge in [-0.3, -0.25) is 4.79 Å². The van der Waals surface area contributed by atoms with Crippen LogP contribution in [0.5, 0.6) is 0 Å². The summed E-state index contributed by atoms with van der Waals surface area (Å²) in [5.74, 6) is -0.262. The lowest BCUT2D eigenvalue weighted by Gasteiger charge is -2.08. The minimum atomic E-state index is -2.91. The molecule has 1 amide bonds. The topological polar surface area (TPSA) is 122 Å². The molecule has 0 aliphatic carbocycles. The lowest BCUT2D eigenvalue weighted by atomic mass is 10.1. The van der Waals surface area contributed by atoms with Crippen LogP contribution in [0, 0.1) is 5.92 Å². The summed E-state index contributed by atoms with van der Waals surface area (Å²) in [5.41, 5.74) is 5.14. The monoisotopic (exact) mass is 249 g/mol. The fraction of sp³-hybridized carbons (Fsp3) is 0.750. The van der Waals surface area contributed by atoms with Crippen LogP contribution in [0.4, 0.5) is 0 Å². The van der Waals surface area contributed by atoms with E-state index in [1.165, 1.54) is 0 Å². The average Bonchev–Trinajstić information content (AvgIpc) is 2.55. The lowest BCUT2D eigenvalue weighted by molar-refractivity contribution is -0.120. The van der Waals surface area contributed by atoms with E-state index >= 15 is 0 Å². The molecule has 16 heavy (non-hydrogen) atoms. The maximum Gasteiger partial charge on any atom is 0.227 e. The number of sulfone groups is 1. The van der Waals surface area contributed by atoms with E-state index in [1.807, 2.05) is 0 Å². The first-order valence-corrected chi connectivity index (χ1v) is 6.68. The summed E-state index contributed by atoms with van der Waals surface area (Å²) in [5, 5.41) is 13.5. The zero-order chi connectivity index (χ0) is 12.2. The van der Waals surface area contributed by atoms with Crippen molar-refractivity contribution in [2.24, 2.45) is 16.8 Å². The minimum absolute atomic E-state index is 0.0266. The van der Waals surface area contributed by atoms with Gasteiger partial charge in [0.2, 0.25) is 5.91 Å². The third-order valence-corrected chi connectivity index (χ3v) is 4.22. The molecule has 92 valence electrons. The Bertz CT molecular complexity index is 390. The van der Waals surface area contributed by atoms with Gasteiger partial charge in [-0.2, -0.15) is 0 Å². The first-order valence-electron chi connectivity index (χ1n) is 4.86. The molecule has 0 aromatic carbocycles. The highest BCUT2D eigenvalue weighted by Crippen LogP contribution is 2.17. The molecule has 1 unspecified atom stereocenters. The van der Waals surface area contributed by atoms with E-state index in [2.05, 4.69) is 10.5 Å². The van der Waals surface area contributed by atoms with Crippen molar-refractivity contribution in [3.05, 3.63) is 0 Å². The molecule has 1 fully saturated rings. The van der Waals surface area contributed by atoms with Gasteiger partial charge in [-0.05, 0) is 12.3 Å². The Hall–Kier alpha value is -1.31. The van der Waals surface area contributed by atoms with Gasteiger partial charge >= 0.3 is 0 Å². The number of nitrogens with zero attached hydrogens (tertiary/aromatic N) is 1. The number of carbonyl (C=O) groups is 1. The molecule has 4 N–H and O–H groups in total. The van der Waals surface area contributed by atoms with Gasteiger partial charge < -0.3 is 16.3 Å². The molecule has 0 aromatic heterocycles.